The van der Waals surface area contributed by atoms with E-state index in [1.807, 2.05) is 20.8 Å². The second kappa shape index (κ2) is 3.92. The van der Waals surface area contributed by atoms with Crippen LogP contribution in [0, 0.1) is 6.92 Å². The number of hydrogen-bond acceptors (Lipinski definition) is 0. The minimum absolute atomic E-state index is 0.222. The smallest absolute Gasteiger partial charge is 0.101 e. The molecule has 0 unspecified atom stereocenters. The molecule has 0 bridgehead atoms. The van der Waals surface area contributed by atoms with Gasteiger partial charge in [-0.25, -0.2) is 0 Å². The van der Waals surface area contributed by atoms with Gasteiger partial charge in [-0.15, -0.1) is 21.9 Å². The average molecular weight is 173 g/mol. The van der Waals surface area contributed by atoms with E-state index in [4.69, 9.17) is 31.4 Å². The zero-order chi connectivity index (χ0) is 11.0. The molecule has 0 spiro atoms. The molecule has 1 aromatic carbocycles. The SMILES string of the molecule is [B]c1c([B])c(C(C)C)c([B])c([B])c1C. The van der Waals surface area contributed by atoms with Crippen LogP contribution in [0.1, 0.15) is 30.9 Å². The van der Waals surface area contributed by atoms with Gasteiger partial charge in [0.05, 0.1) is 0 Å². The van der Waals surface area contributed by atoms with Crippen molar-refractivity contribution in [2.75, 3.05) is 0 Å². The zero-order valence-corrected chi connectivity index (χ0v) is 8.89. The van der Waals surface area contributed by atoms with E-state index in [1.54, 1.807) is 0 Å². The van der Waals surface area contributed by atoms with Gasteiger partial charge in [-0.05, 0) is 12.8 Å². The van der Waals surface area contributed by atoms with Crippen LogP contribution >= 0.6 is 0 Å². The lowest BCUT2D eigenvalue weighted by Crippen LogP contribution is -2.47. The quantitative estimate of drug-likeness (QED) is 0.444. The number of rotatable bonds is 1. The van der Waals surface area contributed by atoms with Gasteiger partial charge in [0.15, 0.2) is 0 Å². The van der Waals surface area contributed by atoms with Crippen LogP contribution in [-0.2, 0) is 0 Å². The first-order valence-corrected chi connectivity index (χ1v) is 4.60. The molecule has 0 fully saturated rings. The van der Waals surface area contributed by atoms with Crippen LogP contribution in [0.15, 0.2) is 0 Å². The summed E-state index contributed by atoms with van der Waals surface area (Å²) in [6.45, 7) is 5.84. The summed E-state index contributed by atoms with van der Waals surface area (Å²) in [5.41, 5.74) is 3.82. The van der Waals surface area contributed by atoms with Crippen molar-refractivity contribution in [2.45, 2.75) is 26.7 Å². The molecule has 0 aromatic heterocycles. The summed E-state index contributed by atoms with van der Waals surface area (Å²) >= 11 is 0. The Bertz CT molecular complexity index is 340. The van der Waals surface area contributed by atoms with Crippen molar-refractivity contribution in [1.29, 1.82) is 0 Å². The van der Waals surface area contributed by atoms with Gasteiger partial charge in [0, 0.05) is 0 Å². The maximum absolute atomic E-state index is 5.89. The molecule has 14 heavy (non-hydrogen) atoms. The average Bonchev–Trinajstić information content (AvgIpc) is 2.11. The van der Waals surface area contributed by atoms with Crippen LogP contribution in [-0.4, -0.2) is 31.4 Å². The summed E-state index contributed by atoms with van der Waals surface area (Å²) < 4.78 is 0. The summed E-state index contributed by atoms with van der Waals surface area (Å²) in [5, 5.41) is 0. The highest BCUT2D eigenvalue weighted by Gasteiger charge is 2.12. The first-order valence-electron chi connectivity index (χ1n) is 4.60. The molecule has 0 aliphatic rings. The summed E-state index contributed by atoms with van der Waals surface area (Å²) in [5.74, 6) is 0.222. The van der Waals surface area contributed by atoms with Crippen LogP contribution in [0.3, 0.4) is 0 Å². The third-order valence-electron chi connectivity index (χ3n) is 2.55. The van der Waals surface area contributed by atoms with Gasteiger partial charge in [0.1, 0.15) is 31.4 Å². The van der Waals surface area contributed by atoms with Crippen LogP contribution in [0.25, 0.3) is 0 Å². The lowest BCUT2D eigenvalue weighted by Gasteiger charge is -2.22. The standard InChI is InChI=1S/C10H10B4/c1-4(2)6-9(13)7(11)5(3)8(12)10(6)14/h4H,1-3H3. The van der Waals surface area contributed by atoms with Gasteiger partial charge in [-0.3, -0.25) is 0 Å². The second-order valence-electron chi connectivity index (χ2n) is 3.85. The molecule has 0 aliphatic carbocycles. The van der Waals surface area contributed by atoms with Gasteiger partial charge >= 0.3 is 0 Å². The van der Waals surface area contributed by atoms with Gasteiger partial charge in [-0.2, -0.15) is 0 Å². The maximum atomic E-state index is 5.89. The molecule has 8 radical (unpaired) electrons. The van der Waals surface area contributed by atoms with Crippen molar-refractivity contribution in [3.05, 3.63) is 11.1 Å². The molecular weight excluding hydrogens is 163 g/mol. The third-order valence-corrected chi connectivity index (χ3v) is 2.55. The second-order valence-corrected chi connectivity index (χ2v) is 3.85. The van der Waals surface area contributed by atoms with Crippen molar-refractivity contribution >= 4 is 53.2 Å². The lowest BCUT2D eigenvalue weighted by atomic mass is 9.63. The van der Waals surface area contributed by atoms with Gasteiger partial charge in [0.2, 0.25) is 0 Å². The van der Waals surface area contributed by atoms with Crippen molar-refractivity contribution < 1.29 is 0 Å². The molecule has 0 amide bonds. The summed E-state index contributed by atoms with van der Waals surface area (Å²) in [6, 6.07) is 0. The number of hydrogen-bond donors (Lipinski definition) is 0. The fraction of sp³-hybridized carbons (Fsp3) is 0.400. The molecule has 0 saturated carbocycles. The molecule has 0 heterocycles. The molecule has 0 nitrogen and oxygen atoms in total. The Morgan fingerprint density at radius 2 is 1.14 bits per heavy atom. The molecule has 0 aliphatic heterocycles. The first kappa shape index (κ1) is 11.6. The van der Waals surface area contributed by atoms with E-state index >= 15 is 0 Å². The largest absolute Gasteiger partial charge is 0.113 e. The highest BCUT2D eigenvalue weighted by molar-refractivity contribution is 6.57. The molecular formula is C10H10B4. The Balaban J connectivity index is 3.60. The van der Waals surface area contributed by atoms with Crippen LogP contribution in [0.4, 0.5) is 0 Å². The Morgan fingerprint density at radius 1 is 0.786 bits per heavy atom. The van der Waals surface area contributed by atoms with Crippen LogP contribution < -0.4 is 21.9 Å². The van der Waals surface area contributed by atoms with Gasteiger partial charge in [0.25, 0.3) is 0 Å². The monoisotopic (exact) mass is 174 g/mol. The van der Waals surface area contributed by atoms with Crippen molar-refractivity contribution in [3.8, 4) is 0 Å². The predicted molar refractivity (Wildman–Crippen MR) is 66.8 cm³/mol. The fourth-order valence-electron chi connectivity index (χ4n) is 1.61. The third kappa shape index (κ3) is 1.67. The number of benzene rings is 1. The van der Waals surface area contributed by atoms with E-state index in [-0.39, 0.29) is 5.92 Å². The Labute approximate surface area is 91.5 Å². The van der Waals surface area contributed by atoms with E-state index in [9.17, 15) is 0 Å². The Hall–Kier alpha value is -0.520. The van der Waals surface area contributed by atoms with Gasteiger partial charge in [-0.1, -0.05) is 25.0 Å². The van der Waals surface area contributed by atoms with E-state index in [0.29, 0.717) is 21.9 Å². The highest BCUT2D eigenvalue weighted by atomic mass is 14.1. The molecule has 0 atom stereocenters. The molecule has 62 valence electrons. The Kier molecular flexibility index (Phi) is 3.24. The van der Waals surface area contributed by atoms with Crippen molar-refractivity contribution in [2.24, 2.45) is 0 Å². The van der Waals surface area contributed by atoms with E-state index < -0.39 is 0 Å². The molecule has 4 heteroatoms. The molecule has 1 rings (SSSR count). The van der Waals surface area contributed by atoms with Crippen molar-refractivity contribution in [3.63, 3.8) is 0 Å². The summed E-state index contributed by atoms with van der Waals surface area (Å²) in [4.78, 5) is 0. The van der Waals surface area contributed by atoms with E-state index in [0.717, 1.165) is 11.1 Å². The predicted octanol–water partition coefficient (Wildman–Crippen LogP) is -1.71. The Morgan fingerprint density at radius 3 is 1.43 bits per heavy atom. The minimum atomic E-state index is 0.222. The van der Waals surface area contributed by atoms with Crippen molar-refractivity contribution in [1.82, 2.24) is 0 Å². The van der Waals surface area contributed by atoms with Crippen LogP contribution in [0.5, 0.6) is 0 Å². The highest BCUT2D eigenvalue weighted by Crippen LogP contribution is 2.06. The zero-order valence-electron chi connectivity index (χ0n) is 8.89. The topological polar surface area (TPSA) is 0 Å². The molecule has 1 aromatic rings. The van der Waals surface area contributed by atoms with Gasteiger partial charge < -0.3 is 0 Å². The summed E-state index contributed by atoms with van der Waals surface area (Å²) in [6.07, 6.45) is 0. The van der Waals surface area contributed by atoms with E-state index in [2.05, 4.69) is 0 Å². The molecule has 0 N–H and O–H groups in total. The van der Waals surface area contributed by atoms with Crippen LogP contribution in [0.2, 0.25) is 0 Å². The maximum Gasteiger partial charge on any atom is 0.113 e. The lowest BCUT2D eigenvalue weighted by molar-refractivity contribution is 0.881. The fourth-order valence-corrected chi connectivity index (χ4v) is 1.61. The minimum Gasteiger partial charge on any atom is -0.101 e. The summed E-state index contributed by atoms with van der Waals surface area (Å²) in [7, 11) is 23.4. The molecule has 0 saturated heterocycles. The first-order chi connectivity index (χ1) is 6.37. The normalized spacial score (nSPS) is 10.9. The van der Waals surface area contributed by atoms with E-state index in [1.165, 1.54) is 0 Å².